The summed E-state index contributed by atoms with van der Waals surface area (Å²) in [6.07, 6.45) is 0.209. The van der Waals surface area contributed by atoms with Crippen LogP contribution in [-0.4, -0.2) is 10.1 Å². The predicted molar refractivity (Wildman–Crippen MR) is 74.0 cm³/mol. The summed E-state index contributed by atoms with van der Waals surface area (Å²) >= 11 is 0. The Morgan fingerprint density at radius 3 is 2.52 bits per heavy atom. The van der Waals surface area contributed by atoms with Crippen LogP contribution in [0.25, 0.3) is 10.9 Å². The van der Waals surface area contributed by atoms with E-state index in [4.69, 9.17) is 0 Å². The van der Waals surface area contributed by atoms with Crippen molar-refractivity contribution >= 4 is 10.9 Å². The Bertz CT molecular complexity index is 925. The molecule has 0 saturated carbocycles. The van der Waals surface area contributed by atoms with Crippen molar-refractivity contribution < 1.29 is 13.9 Å². The molecule has 0 spiro atoms. The molecule has 1 aromatic heterocycles. The van der Waals surface area contributed by atoms with E-state index in [9.17, 15) is 19.1 Å². The number of rotatable bonds is 2. The standard InChI is InChI=1S/C15H10FNO4/c16-9-3-1-8(2-4-9)7-10-12(18)6-5-11-13(10)14(19)21-15(20)17-11/h1-6,18H,7H2,(H,17,20). The van der Waals surface area contributed by atoms with Crippen molar-refractivity contribution in [1.29, 1.82) is 0 Å². The number of nitrogens with one attached hydrogen (secondary N) is 1. The van der Waals surface area contributed by atoms with E-state index in [1.807, 2.05) is 0 Å². The molecule has 1 heterocycles. The van der Waals surface area contributed by atoms with E-state index in [1.165, 1.54) is 24.3 Å². The molecular weight excluding hydrogens is 277 g/mol. The molecule has 0 radical (unpaired) electrons. The Balaban J connectivity index is 2.21. The predicted octanol–water partition coefficient (Wildman–Crippen LogP) is 1.92. The first-order chi connectivity index (χ1) is 10.0. The van der Waals surface area contributed by atoms with Crippen LogP contribution in [0.4, 0.5) is 4.39 Å². The molecule has 0 atom stereocenters. The largest absolute Gasteiger partial charge is 0.508 e. The molecule has 0 saturated heterocycles. The number of H-pyrrole nitrogens is 1. The summed E-state index contributed by atoms with van der Waals surface area (Å²) in [5.41, 5.74) is 0.502. The Morgan fingerprint density at radius 2 is 1.81 bits per heavy atom. The lowest BCUT2D eigenvalue weighted by Gasteiger charge is -2.07. The van der Waals surface area contributed by atoms with Gasteiger partial charge in [0.1, 0.15) is 11.6 Å². The number of aromatic nitrogens is 1. The second-order valence-electron chi connectivity index (χ2n) is 4.59. The van der Waals surface area contributed by atoms with Gasteiger partial charge in [-0.2, -0.15) is 0 Å². The molecule has 6 heteroatoms. The minimum atomic E-state index is -0.856. The summed E-state index contributed by atoms with van der Waals surface area (Å²) in [4.78, 5) is 25.4. The monoisotopic (exact) mass is 287 g/mol. The van der Waals surface area contributed by atoms with Crippen molar-refractivity contribution in [1.82, 2.24) is 4.98 Å². The minimum absolute atomic E-state index is 0.0915. The maximum Gasteiger partial charge on any atom is 0.419 e. The summed E-state index contributed by atoms with van der Waals surface area (Å²) in [5.74, 6) is -1.32. The lowest BCUT2D eigenvalue weighted by molar-refractivity contribution is 0.454. The van der Waals surface area contributed by atoms with Crippen molar-refractivity contribution in [3.63, 3.8) is 0 Å². The number of aromatic amines is 1. The van der Waals surface area contributed by atoms with E-state index in [0.29, 0.717) is 11.1 Å². The average molecular weight is 287 g/mol. The fourth-order valence-electron chi connectivity index (χ4n) is 2.23. The smallest absolute Gasteiger partial charge is 0.419 e. The first kappa shape index (κ1) is 13.1. The molecule has 2 N–H and O–H groups in total. The molecule has 106 valence electrons. The zero-order chi connectivity index (χ0) is 15.0. The van der Waals surface area contributed by atoms with E-state index in [-0.39, 0.29) is 28.9 Å². The van der Waals surface area contributed by atoms with Gasteiger partial charge in [0.15, 0.2) is 0 Å². The third-order valence-corrected chi connectivity index (χ3v) is 3.21. The van der Waals surface area contributed by atoms with Gasteiger partial charge in [-0.15, -0.1) is 0 Å². The zero-order valence-electron chi connectivity index (χ0n) is 10.7. The van der Waals surface area contributed by atoms with E-state index < -0.39 is 11.4 Å². The summed E-state index contributed by atoms with van der Waals surface area (Å²) in [6, 6.07) is 8.51. The van der Waals surface area contributed by atoms with Crippen LogP contribution in [0.15, 0.2) is 50.4 Å². The average Bonchev–Trinajstić information content (AvgIpc) is 2.44. The van der Waals surface area contributed by atoms with E-state index >= 15 is 0 Å². The van der Waals surface area contributed by atoms with Crippen LogP contribution in [0, 0.1) is 5.82 Å². The summed E-state index contributed by atoms with van der Waals surface area (Å²) in [5, 5.41) is 10.1. The van der Waals surface area contributed by atoms with Crippen molar-refractivity contribution in [2.75, 3.05) is 0 Å². The molecule has 3 rings (SSSR count). The SMILES string of the molecule is O=c1[nH]c2ccc(O)c(Cc3ccc(F)cc3)c2c(=O)o1. The molecule has 0 aliphatic heterocycles. The Morgan fingerprint density at radius 1 is 1.10 bits per heavy atom. The van der Waals surface area contributed by atoms with Gasteiger partial charge < -0.3 is 9.52 Å². The summed E-state index contributed by atoms with van der Waals surface area (Å²) < 4.78 is 17.4. The van der Waals surface area contributed by atoms with Crippen LogP contribution in [-0.2, 0) is 6.42 Å². The number of fused-ring (bicyclic) bond motifs is 1. The fourth-order valence-corrected chi connectivity index (χ4v) is 2.23. The lowest BCUT2D eigenvalue weighted by Crippen LogP contribution is -2.16. The second-order valence-corrected chi connectivity index (χ2v) is 4.59. The minimum Gasteiger partial charge on any atom is -0.508 e. The van der Waals surface area contributed by atoms with Crippen LogP contribution in [0.1, 0.15) is 11.1 Å². The summed E-state index contributed by atoms with van der Waals surface area (Å²) in [7, 11) is 0. The van der Waals surface area contributed by atoms with Gasteiger partial charge in [-0.3, -0.25) is 4.98 Å². The number of halogens is 1. The number of hydrogen-bond acceptors (Lipinski definition) is 4. The van der Waals surface area contributed by atoms with E-state index in [1.54, 1.807) is 12.1 Å². The Hall–Kier alpha value is -2.89. The van der Waals surface area contributed by atoms with Crippen molar-refractivity contribution in [2.45, 2.75) is 6.42 Å². The molecule has 0 bridgehead atoms. The van der Waals surface area contributed by atoms with Crippen LogP contribution < -0.4 is 11.4 Å². The fraction of sp³-hybridized carbons (Fsp3) is 0.0667. The van der Waals surface area contributed by atoms with Gasteiger partial charge in [0.2, 0.25) is 0 Å². The number of hydrogen-bond donors (Lipinski definition) is 2. The van der Waals surface area contributed by atoms with Gasteiger partial charge >= 0.3 is 11.4 Å². The Labute approximate surface area is 117 Å². The summed E-state index contributed by atoms with van der Waals surface area (Å²) in [6.45, 7) is 0. The quantitative estimate of drug-likeness (QED) is 0.754. The maximum absolute atomic E-state index is 12.9. The van der Waals surface area contributed by atoms with Crippen LogP contribution in [0.2, 0.25) is 0 Å². The van der Waals surface area contributed by atoms with Crippen LogP contribution in [0.5, 0.6) is 5.75 Å². The molecule has 5 nitrogen and oxygen atoms in total. The molecular formula is C15H10FNO4. The molecule has 21 heavy (non-hydrogen) atoms. The normalized spacial score (nSPS) is 10.9. The van der Waals surface area contributed by atoms with Gasteiger partial charge in [0.05, 0.1) is 10.9 Å². The highest BCUT2D eigenvalue weighted by molar-refractivity contribution is 5.83. The van der Waals surface area contributed by atoms with Crippen molar-refractivity contribution in [3.8, 4) is 5.75 Å². The third kappa shape index (κ3) is 2.43. The van der Waals surface area contributed by atoms with Crippen molar-refractivity contribution in [3.05, 3.63) is 74.3 Å². The first-order valence-corrected chi connectivity index (χ1v) is 6.17. The topological polar surface area (TPSA) is 83.3 Å². The van der Waals surface area contributed by atoms with Gasteiger partial charge in [-0.05, 0) is 29.8 Å². The van der Waals surface area contributed by atoms with Gasteiger partial charge in [-0.1, -0.05) is 12.1 Å². The Kier molecular flexibility index (Phi) is 3.06. The molecule has 0 unspecified atom stereocenters. The molecule has 0 aliphatic rings. The molecule has 3 aromatic rings. The highest BCUT2D eigenvalue weighted by Gasteiger charge is 2.13. The van der Waals surface area contributed by atoms with Gasteiger partial charge in [0.25, 0.3) is 0 Å². The van der Waals surface area contributed by atoms with E-state index in [0.717, 1.165) is 0 Å². The molecule has 0 fully saturated rings. The molecule has 0 amide bonds. The molecule has 0 aliphatic carbocycles. The van der Waals surface area contributed by atoms with Crippen LogP contribution in [0.3, 0.4) is 0 Å². The van der Waals surface area contributed by atoms with Crippen LogP contribution >= 0.6 is 0 Å². The highest BCUT2D eigenvalue weighted by Crippen LogP contribution is 2.26. The van der Waals surface area contributed by atoms with E-state index in [2.05, 4.69) is 9.40 Å². The molecule has 2 aromatic carbocycles. The number of phenols is 1. The second kappa shape index (κ2) is 4.90. The number of benzene rings is 2. The third-order valence-electron chi connectivity index (χ3n) is 3.21. The number of aromatic hydroxyl groups is 1. The first-order valence-electron chi connectivity index (χ1n) is 6.17. The number of phenolic OH excluding ortho intramolecular Hbond substituents is 1. The van der Waals surface area contributed by atoms with Gasteiger partial charge in [0, 0.05) is 12.0 Å². The maximum atomic E-state index is 12.9. The van der Waals surface area contributed by atoms with Crippen molar-refractivity contribution in [2.24, 2.45) is 0 Å². The van der Waals surface area contributed by atoms with Gasteiger partial charge in [-0.25, -0.2) is 14.0 Å². The lowest BCUT2D eigenvalue weighted by atomic mass is 10.0. The highest BCUT2D eigenvalue weighted by atomic mass is 19.1. The zero-order valence-corrected chi connectivity index (χ0v) is 10.7.